The van der Waals surface area contributed by atoms with Gasteiger partial charge in [0.2, 0.25) is 10.9 Å². The Hall–Kier alpha value is -3.28. The number of nitrogens with one attached hydrogen (secondary N) is 1. The molecule has 1 N–H and O–H groups in total. The summed E-state index contributed by atoms with van der Waals surface area (Å²) in [5.41, 5.74) is 2.89. The van der Waals surface area contributed by atoms with Crippen LogP contribution in [0.1, 0.15) is 30.1 Å². The summed E-state index contributed by atoms with van der Waals surface area (Å²) in [4.78, 5) is 36.3. The van der Waals surface area contributed by atoms with Crippen molar-refractivity contribution in [3.05, 3.63) is 79.9 Å². The summed E-state index contributed by atoms with van der Waals surface area (Å²) >= 11 is 0. The fourth-order valence-electron chi connectivity index (χ4n) is 2.53. The van der Waals surface area contributed by atoms with Gasteiger partial charge in [0.1, 0.15) is 0 Å². The van der Waals surface area contributed by atoms with Crippen LogP contribution in [0.5, 0.6) is 0 Å². The van der Waals surface area contributed by atoms with Crippen LogP contribution in [0.15, 0.2) is 63.2 Å². The molecule has 0 heterocycles. The van der Waals surface area contributed by atoms with Gasteiger partial charge in [-0.25, -0.2) is 4.79 Å². The smallest absolute Gasteiger partial charge is 0.338 e. The predicted molar refractivity (Wildman–Crippen MR) is 99.7 cm³/mol. The Kier molecular flexibility index (Phi) is 5.22. The van der Waals surface area contributed by atoms with E-state index in [1.807, 2.05) is 6.92 Å². The summed E-state index contributed by atoms with van der Waals surface area (Å²) in [5, 5.41) is 4.54. The molecule has 3 aromatic carbocycles. The molecule has 0 saturated heterocycles. The first-order valence-corrected chi connectivity index (χ1v) is 8.41. The van der Waals surface area contributed by atoms with E-state index in [9.17, 15) is 14.4 Å². The molecule has 0 radical (unpaired) electrons. The fourth-order valence-corrected chi connectivity index (χ4v) is 2.53. The molecule has 0 aliphatic heterocycles. The monoisotopic (exact) mass is 350 g/mol. The topological polar surface area (TPSA) is 84.8 Å². The average molecular weight is 350 g/mol. The molecule has 6 nitrogen and oxygen atoms in total. The summed E-state index contributed by atoms with van der Waals surface area (Å²) < 4.78 is 5.14. The Balaban J connectivity index is 1.78. The maximum absolute atomic E-state index is 12.2. The molecule has 26 heavy (non-hydrogen) atoms. The van der Waals surface area contributed by atoms with E-state index >= 15 is 0 Å². The van der Waals surface area contributed by atoms with Crippen molar-refractivity contribution in [2.45, 2.75) is 19.8 Å². The van der Waals surface area contributed by atoms with E-state index in [2.05, 4.69) is 10.5 Å². The van der Waals surface area contributed by atoms with Crippen LogP contribution in [-0.2, 0) is 4.74 Å². The highest BCUT2D eigenvalue weighted by Crippen LogP contribution is 2.10. The van der Waals surface area contributed by atoms with Gasteiger partial charge >= 0.3 is 5.97 Å². The first-order chi connectivity index (χ1) is 12.6. The largest absolute Gasteiger partial charge is 0.462 e. The number of hydrogen-bond acceptors (Lipinski definition) is 6. The number of hydrogen-bond donors (Lipinski definition) is 1. The molecule has 3 rings (SSSR count). The second kappa shape index (κ2) is 7.74. The van der Waals surface area contributed by atoms with Crippen molar-refractivity contribution in [3.8, 4) is 0 Å². The molecule has 0 atom stereocenters. The van der Waals surface area contributed by atoms with Crippen LogP contribution in [0.3, 0.4) is 0 Å². The van der Waals surface area contributed by atoms with E-state index in [4.69, 9.17) is 4.74 Å². The van der Waals surface area contributed by atoms with Gasteiger partial charge < -0.3 is 4.74 Å². The molecule has 0 fully saturated rings. The van der Waals surface area contributed by atoms with E-state index in [0.717, 1.165) is 12.8 Å². The van der Waals surface area contributed by atoms with Crippen LogP contribution in [0.4, 0.5) is 5.69 Å². The second-order valence-corrected chi connectivity index (χ2v) is 5.84. The van der Waals surface area contributed by atoms with Crippen molar-refractivity contribution >= 4 is 22.4 Å². The summed E-state index contributed by atoms with van der Waals surface area (Å²) in [6.07, 6.45) is 1.78. The molecule has 132 valence electrons. The lowest BCUT2D eigenvalue weighted by Crippen LogP contribution is -2.32. The maximum Gasteiger partial charge on any atom is 0.338 e. The molecule has 0 aliphatic carbocycles. The van der Waals surface area contributed by atoms with Gasteiger partial charge in [0.25, 0.3) is 0 Å². The van der Waals surface area contributed by atoms with Gasteiger partial charge in [0.05, 0.1) is 17.9 Å². The lowest BCUT2D eigenvalue weighted by molar-refractivity contribution is 0.0500. The lowest BCUT2D eigenvalue weighted by Gasteiger charge is -2.04. The Morgan fingerprint density at radius 3 is 2.19 bits per heavy atom. The van der Waals surface area contributed by atoms with Crippen molar-refractivity contribution in [3.63, 3.8) is 0 Å². The Bertz CT molecular complexity index is 1030. The number of fused-ring (bicyclic) bond motifs is 1. The zero-order valence-corrected chi connectivity index (χ0v) is 14.3. The number of benzene rings is 2. The van der Waals surface area contributed by atoms with Crippen molar-refractivity contribution in [1.29, 1.82) is 0 Å². The lowest BCUT2D eigenvalue weighted by atomic mass is 10.2. The number of nitrogens with zero attached hydrogens (tertiary/aromatic N) is 1. The van der Waals surface area contributed by atoms with Crippen molar-refractivity contribution < 1.29 is 9.53 Å². The van der Waals surface area contributed by atoms with Gasteiger partial charge in [-0.1, -0.05) is 37.6 Å². The van der Waals surface area contributed by atoms with Crippen molar-refractivity contribution in [1.82, 2.24) is 0 Å². The summed E-state index contributed by atoms with van der Waals surface area (Å²) in [6.45, 7) is 2.42. The number of rotatable bonds is 6. The summed E-state index contributed by atoms with van der Waals surface area (Å²) in [7, 11) is 0. The molecule has 0 saturated carbocycles. The highest BCUT2D eigenvalue weighted by atomic mass is 16.5. The average Bonchev–Trinajstić information content (AvgIpc) is 2.91. The van der Waals surface area contributed by atoms with Crippen LogP contribution in [-0.4, -0.2) is 12.6 Å². The highest BCUT2D eigenvalue weighted by molar-refractivity contribution is 5.89. The number of anilines is 1. The number of esters is 1. The predicted octanol–water partition coefficient (Wildman–Crippen LogP) is 2.32. The highest BCUT2D eigenvalue weighted by Gasteiger charge is 2.10. The van der Waals surface area contributed by atoms with Crippen LogP contribution < -0.4 is 21.6 Å². The molecular weight excluding hydrogens is 332 g/mol. The minimum Gasteiger partial charge on any atom is -0.462 e. The minimum absolute atomic E-state index is 0.144. The van der Waals surface area contributed by atoms with E-state index in [1.165, 1.54) is 0 Å². The molecule has 0 aromatic heterocycles. The van der Waals surface area contributed by atoms with Gasteiger partial charge in [0.15, 0.2) is 5.36 Å². The molecule has 0 aliphatic rings. The molecule has 0 amide bonds. The Labute approximate surface area is 149 Å². The van der Waals surface area contributed by atoms with Crippen molar-refractivity contribution in [2.24, 2.45) is 5.10 Å². The van der Waals surface area contributed by atoms with Crippen LogP contribution in [0, 0.1) is 0 Å². The number of ether oxygens (including phenoxy) is 1. The molecule has 0 unspecified atom stereocenters. The normalized spacial score (nSPS) is 10.7. The maximum atomic E-state index is 12.2. The van der Waals surface area contributed by atoms with Gasteiger partial charge in [-0.05, 0) is 30.7 Å². The summed E-state index contributed by atoms with van der Waals surface area (Å²) in [5.74, 6) is -0.382. The molecular formula is C20H18N2O4. The molecule has 0 bridgehead atoms. The molecule has 6 heteroatoms. The number of unbranched alkanes of at least 4 members (excludes halogenated alkanes) is 1. The fraction of sp³-hybridized carbons (Fsp3) is 0.200. The van der Waals surface area contributed by atoms with E-state index in [1.54, 1.807) is 48.5 Å². The first-order valence-electron chi connectivity index (χ1n) is 8.41. The van der Waals surface area contributed by atoms with Crippen LogP contribution >= 0.6 is 0 Å². The van der Waals surface area contributed by atoms with E-state index < -0.39 is 10.9 Å². The zero-order chi connectivity index (χ0) is 18.5. The van der Waals surface area contributed by atoms with Crippen LogP contribution in [0.2, 0.25) is 0 Å². The van der Waals surface area contributed by atoms with Gasteiger partial charge in [0, 0.05) is 10.8 Å². The van der Waals surface area contributed by atoms with Gasteiger partial charge in [-0.2, -0.15) is 5.10 Å². The number of carbonyl (C=O) groups is 1. The second-order valence-electron chi connectivity index (χ2n) is 5.84. The molecule has 0 spiro atoms. The van der Waals surface area contributed by atoms with Gasteiger partial charge in [-0.15, -0.1) is 0 Å². The SMILES string of the molecule is CCCCOC(=O)c1ccc(NN=c2c(=O)c3ccccc3c2=O)cc1. The van der Waals surface area contributed by atoms with Gasteiger partial charge in [-0.3, -0.25) is 15.0 Å². The standard InChI is InChI=1S/C20H18N2O4/c1-2-3-12-26-20(25)13-8-10-14(11-9-13)21-22-17-18(23)15-6-4-5-7-16(15)19(17)24/h4-11,21H,2-3,12H2,1H3. The summed E-state index contributed by atoms with van der Waals surface area (Å²) in [6, 6.07) is 13.1. The molecule has 3 aromatic rings. The van der Waals surface area contributed by atoms with E-state index in [-0.39, 0.29) is 11.3 Å². The third kappa shape index (κ3) is 3.54. The zero-order valence-electron chi connectivity index (χ0n) is 14.3. The first kappa shape index (κ1) is 17.5. The third-order valence-electron chi connectivity index (χ3n) is 3.99. The van der Waals surface area contributed by atoms with Crippen LogP contribution in [0.25, 0.3) is 10.8 Å². The Morgan fingerprint density at radius 2 is 1.62 bits per heavy atom. The third-order valence-corrected chi connectivity index (χ3v) is 3.99. The number of carbonyl (C=O) groups excluding carboxylic acids is 1. The quantitative estimate of drug-likeness (QED) is 0.419. The minimum atomic E-state index is -0.394. The van der Waals surface area contributed by atoms with Crippen molar-refractivity contribution in [2.75, 3.05) is 12.0 Å². The van der Waals surface area contributed by atoms with E-state index in [0.29, 0.717) is 28.6 Å². The Morgan fingerprint density at radius 1 is 1.00 bits per heavy atom.